The van der Waals surface area contributed by atoms with Crippen molar-refractivity contribution in [3.63, 3.8) is 0 Å². The smallest absolute Gasteiger partial charge is 0.252 e. The molecule has 82 valence electrons. The van der Waals surface area contributed by atoms with E-state index >= 15 is 0 Å². The van der Waals surface area contributed by atoms with Crippen LogP contribution in [0.5, 0.6) is 0 Å². The highest BCUT2D eigenvalue weighted by Gasteiger charge is 2.47. The third-order valence-electron chi connectivity index (χ3n) is 2.70. The molecule has 2 unspecified atom stereocenters. The first-order chi connectivity index (χ1) is 6.54. The standard InChI is InChI=1S/C9H19N3O2/c1-4-9(7(10)13)8(12(2)3)11-5-6-14-9/h8,11H,4-6H2,1-3H3,(H2,10,13). The highest BCUT2D eigenvalue weighted by molar-refractivity contribution is 5.84. The molecule has 0 aromatic heterocycles. The SMILES string of the molecule is CCC1(C(N)=O)OCCNC1N(C)C. The van der Waals surface area contributed by atoms with Crippen molar-refractivity contribution in [2.45, 2.75) is 25.1 Å². The summed E-state index contributed by atoms with van der Waals surface area (Å²) in [6.07, 6.45) is 0.441. The first kappa shape index (κ1) is 11.4. The Balaban J connectivity index is 2.93. The first-order valence-corrected chi connectivity index (χ1v) is 4.88. The number of amides is 1. The van der Waals surface area contributed by atoms with Gasteiger partial charge in [0.2, 0.25) is 0 Å². The molecule has 1 saturated heterocycles. The van der Waals surface area contributed by atoms with Gasteiger partial charge in [-0.1, -0.05) is 6.92 Å². The number of rotatable bonds is 3. The van der Waals surface area contributed by atoms with Crippen LogP contribution >= 0.6 is 0 Å². The summed E-state index contributed by atoms with van der Waals surface area (Å²) in [4.78, 5) is 13.4. The van der Waals surface area contributed by atoms with Gasteiger partial charge in [0.05, 0.1) is 12.8 Å². The van der Waals surface area contributed by atoms with E-state index < -0.39 is 11.5 Å². The second kappa shape index (κ2) is 4.25. The van der Waals surface area contributed by atoms with Gasteiger partial charge < -0.3 is 10.5 Å². The number of hydrogen-bond acceptors (Lipinski definition) is 4. The van der Waals surface area contributed by atoms with Gasteiger partial charge in [-0.3, -0.25) is 15.0 Å². The average molecular weight is 201 g/mol. The van der Waals surface area contributed by atoms with Gasteiger partial charge in [-0.2, -0.15) is 0 Å². The predicted octanol–water partition coefficient (Wildman–Crippen LogP) is -0.872. The number of primary amides is 1. The lowest BCUT2D eigenvalue weighted by molar-refractivity contribution is -0.166. The van der Waals surface area contributed by atoms with Gasteiger partial charge >= 0.3 is 0 Å². The molecule has 1 heterocycles. The molecule has 3 N–H and O–H groups in total. The lowest BCUT2D eigenvalue weighted by Gasteiger charge is -2.44. The Bertz CT molecular complexity index is 220. The van der Waals surface area contributed by atoms with Crippen LogP contribution in [0.2, 0.25) is 0 Å². The molecule has 14 heavy (non-hydrogen) atoms. The van der Waals surface area contributed by atoms with E-state index in [0.717, 1.165) is 6.54 Å². The fourth-order valence-corrected chi connectivity index (χ4v) is 1.95. The van der Waals surface area contributed by atoms with Crippen LogP contribution in [-0.4, -0.2) is 49.8 Å². The summed E-state index contributed by atoms with van der Waals surface area (Å²) in [5, 5.41) is 3.24. The number of nitrogens with two attached hydrogens (primary N) is 1. The molecular weight excluding hydrogens is 182 g/mol. The van der Waals surface area contributed by atoms with E-state index in [1.54, 1.807) is 0 Å². The van der Waals surface area contributed by atoms with Crippen molar-refractivity contribution in [3.05, 3.63) is 0 Å². The minimum Gasteiger partial charge on any atom is -0.367 e. The van der Waals surface area contributed by atoms with Crippen molar-refractivity contribution in [2.24, 2.45) is 5.73 Å². The minimum atomic E-state index is -0.887. The van der Waals surface area contributed by atoms with Gasteiger partial charge in [0.25, 0.3) is 5.91 Å². The lowest BCUT2D eigenvalue weighted by Crippen LogP contribution is -2.68. The van der Waals surface area contributed by atoms with E-state index in [2.05, 4.69) is 5.32 Å². The maximum atomic E-state index is 11.5. The molecule has 5 heteroatoms. The van der Waals surface area contributed by atoms with Crippen molar-refractivity contribution in [1.29, 1.82) is 0 Å². The third kappa shape index (κ3) is 1.75. The minimum absolute atomic E-state index is 0.140. The van der Waals surface area contributed by atoms with Crippen molar-refractivity contribution in [3.8, 4) is 0 Å². The average Bonchev–Trinajstić information content (AvgIpc) is 2.17. The van der Waals surface area contributed by atoms with Gasteiger partial charge in [-0.05, 0) is 20.5 Å². The van der Waals surface area contributed by atoms with Crippen molar-refractivity contribution in [2.75, 3.05) is 27.2 Å². The normalized spacial score (nSPS) is 33.3. The van der Waals surface area contributed by atoms with Crippen molar-refractivity contribution < 1.29 is 9.53 Å². The number of hydrogen-bond donors (Lipinski definition) is 2. The molecule has 0 aliphatic carbocycles. The van der Waals surface area contributed by atoms with E-state index in [1.165, 1.54) is 0 Å². The summed E-state index contributed by atoms with van der Waals surface area (Å²) in [6.45, 7) is 3.19. The highest BCUT2D eigenvalue weighted by atomic mass is 16.5. The molecule has 0 bridgehead atoms. The molecule has 1 aliphatic rings. The number of nitrogens with zero attached hydrogens (tertiary/aromatic N) is 1. The van der Waals surface area contributed by atoms with E-state index in [9.17, 15) is 4.79 Å². The second-order valence-electron chi connectivity index (χ2n) is 3.78. The Kier molecular flexibility index (Phi) is 3.47. The topological polar surface area (TPSA) is 67.6 Å². The van der Waals surface area contributed by atoms with Crippen LogP contribution in [0.4, 0.5) is 0 Å². The summed E-state index contributed by atoms with van der Waals surface area (Å²) in [7, 11) is 3.80. The Morgan fingerprint density at radius 3 is 2.71 bits per heavy atom. The van der Waals surface area contributed by atoms with Crippen LogP contribution in [0.1, 0.15) is 13.3 Å². The molecule has 0 aromatic rings. The Morgan fingerprint density at radius 1 is 1.71 bits per heavy atom. The zero-order valence-electron chi connectivity index (χ0n) is 9.04. The molecule has 2 atom stereocenters. The summed E-state index contributed by atoms with van der Waals surface area (Å²) in [5.41, 5.74) is 4.52. The van der Waals surface area contributed by atoms with Crippen LogP contribution in [0.25, 0.3) is 0 Å². The van der Waals surface area contributed by atoms with E-state index in [-0.39, 0.29) is 6.17 Å². The maximum Gasteiger partial charge on any atom is 0.252 e. The number of nitrogens with one attached hydrogen (secondary N) is 1. The zero-order valence-corrected chi connectivity index (χ0v) is 9.04. The number of likely N-dealkylation sites (N-methyl/N-ethyl adjacent to an activating group) is 1. The maximum absolute atomic E-state index is 11.5. The highest BCUT2D eigenvalue weighted by Crippen LogP contribution is 2.24. The van der Waals surface area contributed by atoms with Crippen LogP contribution in [-0.2, 0) is 9.53 Å². The molecule has 1 aliphatic heterocycles. The summed E-state index contributed by atoms with van der Waals surface area (Å²) < 4.78 is 5.57. The summed E-state index contributed by atoms with van der Waals surface area (Å²) in [6, 6.07) is 0. The van der Waals surface area contributed by atoms with Gasteiger partial charge in [0, 0.05) is 6.54 Å². The zero-order chi connectivity index (χ0) is 10.8. The number of carbonyl (C=O) groups excluding carboxylic acids is 1. The molecule has 0 radical (unpaired) electrons. The fraction of sp³-hybridized carbons (Fsp3) is 0.889. The van der Waals surface area contributed by atoms with Crippen LogP contribution in [0.3, 0.4) is 0 Å². The van der Waals surface area contributed by atoms with Gasteiger partial charge in [-0.25, -0.2) is 0 Å². The molecule has 1 amide bonds. The number of carbonyl (C=O) groups is 1. The van der Waals surface area contributed by atoms with Gasteiger partial charge in [0.1, 0.15) is 0 Å². The Labute approximate surface area is 84.6 Å². The van der Waals surface area contributed by atoms with E-state index in [1.807, 2.05) is 25.9 Å². The van der Waals surface area contributed by atoms with E-state index in [0.29, 0.717) is 13.0 Å². The van der Waals surface area contributed by atoms with Gasteiger partial charge in [0.15, 0.2) is 5.60 Å². The van der Waals surface area contributed by atoms with Crippen LogP contribution < -0.4 is 11.1 Å². The predicted molar refractivity (Wildman–Crippen MR) is 53.6 cm³/mol. The fourth-order valence-electron chi connectivity index (χ4n) is 1.95. The molecule has 1 fully saturated rings. The first-order valence-electron chi connectivity index (χ1n) is 4.88. The molecular formula is C9H19N3O2. The molecule has 0 saturated carbocycles. The van der Waals surface area contributed by atoms with Crippen molar-refractivity contribution >= 4 is 5.91 Å². The van der Waals surface area contributed by atoms with Gasteiger partial charge in [-0.15, -0.1) is 0 Å². The van der Waals surface area contributed by atoms with E-state index in [4.69, 9.17) is 10.5 Å². The quantitative estimate of drug-likeness (QED) is 0.623. The number of morpholine rings is 1. The molecule has 5 nitrogen and oxygen atoms in total. The number of ether oxygens (including phenoxy) is 1. The summed E-state index contributed by atoms with van der Waals surface area (Å²) in [5.74, 6) is -0.397. The molecule has 0 spiro atoms. The second-order valence-corrected chi connectivity index (χ2v) is 3.78. The largest absolute Gasteiger partial charge is 0.367 e. The molecule has 1 rings (SSSR count). The summed E-state index contributed by atoms with van der Waals surface area (Å²) >= 11 is 0. The van der Waals surface area contributed by atoms with Crippen LogP contribution in [0.15, 0.2) is 0 Å². The molecule has 0 aromatic carbocycles. The Hall–Kier alpha value is -0.650. The Morgan fingerprint density at radius 2 is 2.36 bits per heavy atom. The third-order valence-corrected chi connectivity index (χ3v) is 2.70. The van der Waals surface area contributed by atoms with Crippen molar-refractivity contribution in [1.82, 2.24) is 10.2 Å². The monoisotopic (exact) mass is 201 g/mol. The van der Waals surface area contributed by atoms with Crippen LogP contribution in [0, 0.1) is 0 Å². The lowest BCUT2D eigenvalue weighted by atomic mass is 9.93.